The van der Waals surface area contributed by atoms with E-state index in [1.165, 1.54) is 12.1 Å². The number of nitrogens with two attached hydrogens (primary N) is 1. The van der Waals surface area contributed by atoms with E-state index < -0.39 is 10.0 Å². The molecule has 0 radical (unpaired) electrons. The van der Waals surface area contributed by atoms with Gasteiger partial charge in [0.05, 0.1) is 4.90 Å². The van der Waals surface area contributed by atoms with E-state index in [-0.39, 0.29) is 4.90 Å². The van der Waals surface area contributed by atoms with Crippen LogP contribution in [0.25, 0.3) is 11.3 Å². The molecular weight excluding hydrogens is 224 g/mol. The Morgan fingerprint density at radius 1 is 1.12 bits per heavy atom. The maximum atomic E-state index is 11.1. The van der Waals surface area contributed by atoms with Crippen LogP contribution < -0.4 is 5.14 Å². The average Bonchev–Trinajstić information content (AvgIpc) is 2.63. The molecule has 1 aromatic carbocycles. The smallest absolute Gasteiger partial charge is 0.238 e. The Balaban J connectivity index is 2.45. The SMILES string of the molecule is Cc1cc[nH]c1-c1ccc(S(N)(=O)=O)cc1. The van der Waals surface area contributed by atoms with Crippen LogP contribution in [0.4, 0.5) is 0 Å². The standard InChI is InChI=1S/C11H12N2O2S/c1-8-6-7-13-11(8)9-2-4-10(5-3-9)16(12,14)15/h2-7,13H,1H3,(H2,12,14,15). The molecule has 0 aliphatic rings. The summed E-state index contributed by atoms with van der Waals surface area (Å²) in [5.41, 5.74) is 3.04. The Bertz CT molecular complexity index is 597. The van der Waals surface area contributed by atoms with Crippen molar-refractivity contribution in [2.45, 2.75) is 11.8 Å². The molecule has 2 aromatic rings. The monoisotopic (exact) mass is 236 g/mol. The zero-order valence-electron chi connectivity index (χ0n) is 8.77. The first kappa shape index (κ1) is 10.9. The third-order valence-corrected chi connectivity index (χ3v) is 3.36. The minimum absolute atomic E-state index is 0.125. The van der Waals surface area contributed by atoms with Gasteiger partial charge in [-0.05, 0) is 36.2 Å². The molecule has 0 bridgehead atoms. The second-order valence-electron chi connectivity index (χ2n) is 3.61. The molecule has 5 heteroatoms. The molecule has 0 fully saturated rings. The molecule has 0 aliphatic heterocycles. The number of aryl methyl sites for hydroxylation is 1. The number of benzene rings is 1. The molecule has 0 spiro atoms. The molecular formula is C11H12N2O2S. The summed E-state index contributed by atoms with van der Waals surface area (Å²) in [6.07, 6.45) is 1.85. The van der Waals surface area contributed by atoms with E-state index in [2.05, 4.69) is 4.98 Å². The summed E-state index contributed by atoms with van der Waals surface area (Å²) < 4.78 is 22.1. The van der Waals surface area contributed by atoms with Crippen molar-refractivity contribution in [1.29, 1.82) is 0 Å². The van der Waals surface area contributed by atoms with Crippen LogP contribution in [0, 0.1) is 6.92 Å². The third-order valence-electron chi connectivity index (χ3n) is 2.43. The van der Waals surface area contributed by atoms with Gasteiger partial charge in [-0.15, -0.1) is 0 Å². The van der Waals surface area contributed by atoms with Gasteiger partial charge in [-0.25, -0.2) is 13.6 Å². The summed E-state index contributed by atoms with van der Waals surface area (Å²) in [6.45, 7) is 1.99. The predicted molar refractivity (Wildman–Crippen MR) is 62.3 cm³/mol. The summed E-state index contributed by atoms with van der Waals surface area (Å²) in [7, 11) is -3.61. The second-order valence-corrected chi connectivity index (χ2v) is 5.17. The molecule has 0 amide bonds. The highest BCUT2D eigenvalue weighted by molar-refractivity contribution is 7.89. The predicted octanol–water partition coefficient (Wildman–Crippen LogP) is 1.64. The van der Waals surface area contributed by atoms with E-state index in [1.807, 2.05) is 19.2 Å². The minimum Gasteiger partial charge on any atom is -0.361 e. The molecule has 1 heterocycles. The maximum Gasteiger partial charge on any atom is 0.238 e. The summed E-state index contributed by atoms with van der Waals surface area (Å²) in [5.74, 6) is 0. The van der Waals surface area contributed by atoms with Crippen LogP contribution in [-0.4, -0.2) is 13.4 Å². The van der Waals surface area contributed by atoms with Crippen molar-refractivity contribution < 1.29 is 8.42 Å². The van der Waals surface area contributed by atoms with Crippen molar-refractivity contribution in [2.75, 3.05) is 0 Å². The number of hydrogen-bond acceptors (Lipinski definition) is 2. The van der Waals surface area contributed by atoms with E-state index in [9.17, 15) is 8.42 Å². The van der Waals surface area contributed by atoms with Crippen molar-refractivity contribution in [3.05, 3.63) is 42.1 Å². The van der Waals surface area contributed by atoms with Gasteiger partial charge < -0.3 is 4.98 Å². The van der Waals surface area contributed by atoms with Gasteiger partial charge in [-0.1, -0.05) is 12.1 Å². The Morgan fingerprint density at radius 3 is 2.19 bits per heavy atom. The Labute approximate surface area is 94.2 Å². The lowest BCUT2D eigenvalue weighted by atomic mass is 10.1. The largest absolute Gasteiger partial charge is 0.361 e. The summed E-state index contributed by atoms with van der Waals surface area (Å²) in [6, 6.07) is 8.44. The average molecular weight is 236 g/mol. The lowest BCUT2D eigenvalue weighted by Crippen LogP contribution is -2.11. The molecule has 4 nitrogen and oxygen atoms in total. The zero-order valence-corrected chi connectivity index (χ0v) is 9.58. The maximum absolute atomic E-state index is 11.1. The summed E-state index contributed by atoms with van der Waals surface area (Å²) in [4.78, 5) is 3.22. The number of hydrogen-bond donors (Lipinski definition) is 2. The van der Waals surface area contributed by atoms with Crippen LogP contribution in [0.2, 0.25) is 0 Å². The van der Waals surface area contributed by atoms with Crippen LogP contribution in [0.1, 0.15) is 5.56 Å². The van der Waals surface area contributed by atoms with Crippen molar-refractivity contribution >= 4 is 10.0 Å². The van der Waals surface area contributed by atoms with Crippen molar-refractivity contribution in [1.82, 2.24) is 4.98 Å². The number of primary sulfonamides is 1. The minimum atomic E-state index is -3.61. The van der Waals surface area contributed by atoms with Crippen molar-refractivity contribution in [3.8, 4) is 11.3 Å². The van der Waals surface area contributed by atoms with Crippen LogP contribution in [0.5, 0.6) is 0 Å². The number of sulfonamides is 1. The second kappa shape index (κ2) is 3.77. The van der Waals surface area contributed by atoms with Gasteiger partial charge in [0.25, 0.3) is 0 Å². The molecule has 0 saturated carbocycles. The van der Waals surface area contributed by atoms with Crippen LogP contribution in [0.3, 0.4) is 0 Å². The molecule has 0 atom stereocenters. The van der Waals surface area contributed by atoms with Crippen molar-refractivity contribution in [3.63, 3.8) is 0 Å². The molecule has 16 heavy (non-hydrogen) atoms. The number of rotatable bonds is 2. The number of aromatic amines is 1. The highest BCUT2D eigenvalue weighted by Crippen LogP contribution is 2.22. The first-order valence-electron chi connectivity index (χ1n) is 4.76. The van der Waals surface area contributed by atoms with Gasteiger partial charge in [0.2, 0.25) is 10.0 Å². The van der Waals surface area contributed by atoms with Gasteiger partial charge >= 0.3 is 0 Å². The topological polar surface area (TPSA) is 76.0 Å². The lowest BCUT2D eigenvalue weighted by Gasteiger charge is -2.02. The van der Waals surface area contributed by atoms with Crippen molar-refractivity contribution in [2.24, 2.45) is 5.14 Å². The van der Waals surface area contributed by atoms with Gasteiger partial charge in [-0.2, -0.15) is 0 Å². The number of nitrogens with one attached hydrogen (secondary N) is 1. The fourth-order valence-corrected chi connectivity index (χ4v) is 2.08. The molecule has 1 aromatic heterocycles. The normalized spacial score (nSPS) is 11.6. The van der Waals surface area contributed by atoms with E-state index >= 15 is 0 Å². The fraction of sp³-hybridized carbons (Fsp3) is 0.0909. The fourth-order valence-electron chi connectivity index (χ4n) is 1.57. The van der Waals surface area contributed by atoms with Gasteiger partial charge in [0, 0.05) is 11.9 Å². The molecule has 2 rings (SSSR count). The highest BCUT2D eigenvalue weighted by atomic mass is 32.2. The summed E-state index contributed by atoms with van der Waals surface area (Å²) >= 11 is 0. The third kappa shape index (κ3) is 2.00. The van der Waals surface area contributed by atoms with E-state index in [0.717, 1.165) is 16.8 Å². The highest BCUT2D eigenvalue weighted by Gasteiger charge is 2.08. The first-order chi connectivity index (χ1) is 7.48. The molecule has 0 saturated heterocycles. The van der Waals surface area contributed by atoms with Crippen LogP contribution in [-0.2, 0) is 10.0 Å². The Morgan fingerprint density at radius 2 is 1.75 bits per heavy atom. The van der Waals surface area contributed by atoms with E-state index in [0.29, 0.717) is 0 Å². The molecule has 84 valence electrons. The van der Waals surface area contributed by atoms with Crippen LogP contribution in [0.15, 0.2) is 41.4 Å². The lowest BCUT2D eigenvalue weighted by molar-refractivity contribution is 0.598. The van der Waals surface area contributed by atoms with E-state index in [1.54, 1.807) is 12.1 Å². The molecule has 3 N–H and O–H groups in total. The molecule has 0 aliphatic carbocycles. The van der Waals surface area contributed by atoms with E-state index in [4.69, 9.17) is 5.14 Å². The molecule has 0 unspecified atom stereocenters. The first-order valence-corrected chi connectivity index (χ1v) is 6.30. The number of aromatic nitrogens is 1. The van der Waals surface area contributed by atoms with Crippen LogP contribution >= 0.6 is 0 Å². The van der Waals surface area contributed by atoms with Gasteiger partial charge in [0.1, 0.15) is 0 Å². The Kier molecular flexibility index (Phi) is 2.57. The number of H-pyrrole nitrogens is 1. The Hall–Kier alpha value is -1.59. The van der Waals surface area contributed by atoms with Gasteiger partial charge in [0.15, 0.2) is 0 Å². The van der Waals surface area contributed by atoms with Gasteiger partial charge in [-0.3, -0.25) is 0 Å². The summed E-state index contributed by atoms with van der Waals surface area (Å²) in [5, 5.41) is 5.02. The zero-order chi connectivity index (χ0) is 11.8. The quantitative estimate of drug-likeness (QED) is 0.831.